The first kappa shape index (κ1) is 62.1. The topological polar surface area (TPSA) is 20.2 Å². The van der Waals surface area contributed by atoms with Gasteiger partial charge >= 0.3 is 0 Å². The maximum Gasteiger partial charge on any atom is 0.115 e. The number of phenolic OH excluding ortho intramolecular Hbond substituents is 1. The molecule has 84 heavy (non-hydrogen) atoms. The molecule has 13 aromatic carbocycles. The summed E-state index contributed by atoms with van der Waals surface area (Å²) in [4.78, 5) is 0. The maximum absolute atomic E-state index is 8.63. The number of para-hydroxylation sites is 1. The normalized spacial score (nSPS) is 10.3. The van der Waals surface area contributed by atoms with Gasteiger partial charge in [-0.05, 0) is 107 Å². The molecule has 1 nitrogen and oxygen atoms in total. The van der Waals surface area contributed by atoms with Crippen molar-refractivity contribution < 1.29 is 25.5 Å². The molecule has 0 spiro atoms. The van der Waals surface area contributed by atoms with E-state index in [9.17, 15) is 0 Å². The monoisotopic (exact) mass is 1250 g/mol. The fourth-order valence-corrected chi connectivity index (χ4v) is 18.4. The van der Waals surface area contributed by atoms with E-state index in [0.717, 1.165) is 0 Å². The van der Waals surface area contributed by atoms with Crippen LogP contribution in [0.2, 0.25) is 0 Å². The van der Waals surface area contributed by atoms with E-state index in [1.165, 1.54) is 63.7 Å². The van der Waals surface area contributed by atoms with Crippen LogP contribution in [0.25, 0.3) is 0 Å². The first-order chi connectivity index (χ1) is 41.2. The second-order valence-electron chi connectivity index (χ2n) is 18.7. The van der Waals surface area contributed by atoms with Gasteiger partial charge in [0.1, 0.15) is 5.75 Å². The first-order valence-corrected chi connectivity index (χ1v) is 33.1. The van der Waals surface area contributed by atoms with Crippen LogP contribution < -0.4 is 63.7 Å². The predicted octanol–water partition coefficient (Wildman–Crippen LogP) is 15.2. The van der Waals surface area contributed by atoms with Crippen molar-refractivity contribution in [3.8, 4) is 5.75 Å². The molecule has 13 rings (SSSR count). The quantitative estimate of drug-likeness (QED) is 0.0955. The number of hydrogen-bond acceptors (Lipinski definition) is 1. The molecule has 0 fully saturated rings. The minimum absolute atomic E-state index is 0. The summed E-state index contributed by atoms with van der Waals surface area (Å²) in [5.74, 6) is 0.322. The van der Waals surface area contributed by atoms with Crippen molar-refractivity contribution in [3.05, 3.63) is 394 Å². The molecule has 0 aliphatic carbocycles. The second-order valence-corrected chi connectivity index (χ2v) is 27.6. The fourth-order valence-electron chi connectivity index (χ4n) is 9.14. The van der Waals surface area contributed by atoms with Crippen LogP contribution >= 0.6 is 31.7 Å². The Morgan fingerprint density at radius 2 is 0.214 bits per heavy atom. The number of phenols is 1. The van der Waals surface area contributed by atoms with Gasteiger partial charge in [0.2, 0.25) is 0 Å². The molecule has 1 N–H and O–H groups in total. The molecular weight excluding hydrogens is 1180 g/mol. The summed E-state index contributed by atoms with van der Waals surface area (Å²) < 4.78 is 0. The van der Waals surface area contributed by atoms with E-state index in [1.54, 1.807) is 24.3 Å². The van der Waals surface area contributed by atoms with Gasteiger partial charge in [-0.15, -0.1) is 0 Å². The van der Waals surface area contributed by atoms with Crippen molar-refractivity contribution in [2.24, 2.45) is 0 Å². The van der Waals surface area contributed by atoms with Gasteiger partial charge in [0.25, 0.3) is 0 Å². The van der Waals surface area contributed by atoms with Crippen LogP contribution in [-0.2, 0) is 20.4 Å². The van der Waals surface area contributed by atoms with Crippen molar-refractivity contribution in [1.82, 2.24) is 0 Å². The van der Waals surface area contributed by atoms with Crippen LogP contribution in [0, 0.1) is 0 Å². The van der Waals surface area contributed by atoms with E-state index in [-0.39, 0.29) is 20.4 Å². The zero-order chi connectivity index (χ0) is 56.8. The van der Waals surface area contributed by atoms with Gasteiger partial charge in [0.15, 0.2) is 0 Å². The Morgan fingerprint density at radius 1 is 0.131 bits per heavy atom. The maximum atomic E-state index is 8.63. The van der Waals surface area contributed by atoms with Crippen molar-refractivity contribution in [3.63, 3.8) is 0 Å². The largest absolute Gasteiger partial charge is 0.508 e. The zero-order valence-corrected chi connectivity index (χ0v) is 51.7. The van der Waals surface area contributed by atoms with Crippen molar-refractivity contribution in [2.45, 2.75) is 0 Å². The van der Waals surface area contributed by atoms with Crippen molar-refractivity contribution >= 4 is 95.3 Å². The standard InChI is InChI=1S/4C18H15P.C6H6O.Pd/c4*1-4-10-16(11-5-1)19(17-12-6-2-7-13-17)18-14-8-3-9-15-18;7-6-4-2-1-3-5-6;/h4*1-15H;1-5,7H;. The van der Waals surface area contributed by atoms with Gasteiger partial charge in [-0.3, -0.25) is 0 Å². The molecule has 414 valence electrons. The second kappa shape index (κ2) is 35.2. The van der Waals surface area contributed by atoms with E-state index in [1.807, 2.05) is 6.07 Å². The SMILES string of the molecule is Oc1ccccc1.[Pd].c1ccc(P(c2ccccc2)c2ccccc2)cc1.c1ccc(P(c2ccccc2)c2ccccc2)cc1.c1ccc(P(c2ccccc2)c2ccccc2)cc1.c1ccc(P(c2ccccc2)c2ccccc2)cc1. The molecule has 0 aliphatic heterocycles. The first-order valence-electron chi connectivity index (χ1n) is 27.7. The van der Waals surface area contributed by atoms with Gasteiger partial charge in [0.05, 0.1) is 0 Å². The summed E-state index contributed by atoms with van der Waals surface area (Å²) in [6.07, 6.45) is 0. The number of aromatic hydroxyl groups is 1. The smallest absolute Gasteiger partial charge is 0.115 e. The molecular formula is C78H66OP4Pd. The van der Waals surface area contributed by atoms with E-state index < -0.39 is 31.7 Å². The molecule has 0 saturated heterocycles. The molecule has 0 heterocycles. The van der Waals surface area contributed by atoms with E-state index in [0.29, 0.717) is 5.75 Å². The van der Waals surface area contributed by atoms with Crippen LogP contribution in [0.4, 0.5) is 0 Å². The molecule has 0 unspecified atom stereocenters. The van der Waals surface area contributed by atoms with Crippen molar-refractivity contribution in [1.29, 1.82) is 0 Å². The number of rotatable bonds is 12. The molecule has 13 aromatic rings. The minimum atomic E-state index is -0.446. The summed E-state index contributed by atoms with van der Waals surface area (Å²) in [6, 6.07) is 138. The zero-order valence-electron chi connectivity index (χ0n) is 46.6. The summed E-state index contributed by atoms with van der Waals surface area (Å²) >= 11 is 0. The molecule has 6 heteroatoms. The van der Waals surface area contributed by atoms with Crippen LogP contribution in [-0.4, -0.2) is 5.11 Å². The van der Waals surface area contributed by atoms with Gasteiger partial charge < -0.3 is 5.11 Å². The third-order valence-corrected chi connectivity index (χ3v) is 22.7. The molecule has 0 amide bonds. The van der Waals surface area contributed by atoms with E-state index >= 15 is 0 Å². The van der Waals surface area contributed by atoms with Gasteiger partial charge in [-0.2, -0.15) is 0 Å². The van der Waals surface area contributed by atoms with Crippen LogP contribution in [0.15, 0.2) is 394 Å². The molecule has 0 saturated carbocycles. The number of hydrogen-bond donors (Lipinski definition) is 1. The minimum Gasteiger partial charge on any atom is -0.508 e. The summed E-state index contributed by atoms with van der Waals surface area (Å²) in [6.45, 7) is 0. The summed E-state index contributed by atoms with van der Waals surface area (Å²) in [5, 5.41) is 25.4. The molecule has 0 radical (unpaired) electrons. The average molecular weight is 1250 g/mol. The van der Waals surface area contributed by atoms with E-state index in [2.05, 4.69) is 364 Å². The van der Waals surface area contributed by atoms with E-state index in [4.69, 9.17) is 5.11 Å². The van der Waals surface area contributed by atoms with Crippen LogP contribution in [0.3, 0.4) is 0 Å². The Bertz CT molecular complexity index is 2910. The van der Waals surface area contributed by atoms with Gasteiger partial charge in [0, 0.05) is 20.4 Å². The Balaban J connectivity index is 0.000000140. The fraction of sp³-hybridized carbons (Fsp3) is 0. The van der Waals surface area contributed by atoms with Crippen molar-refractivity contribution in [2.75, 3.05) is 0 Å². The number of benzene rings is 13. The predicted molar refractivity (Wildman–Crippen MR) is 369 cm³/mol. The summed E-state index contributed by atoms with van der Waals surface area (Å²) in [7, 11) is -1.78. The molecule has 0 aliphatic rings. The molecule has 0 aromatic heterocycles. The Morgan fingerprint density at radius 3 is 0.286 bits per heavy atom. The average Bonchev–Trinajstić information content (AvgIpc) is 3.76. The third kappa shape index (κ3) is 19.0. The van der Waals surface area contributed by atoms with Crippen LogP contribution in [0.1, 0.15) is 0 Å². The Kier molecular flexibility index (Phi) is 26.1. The Hall–Kier alpha value is -7.96. The molecule has 0 atom stereocenters. The van der Waals surface area contributed by atoms with Gasteiger partial charge in [-0.25, -0.2) is 0 Å². The third-order valence-electron chi connectivity index (χ3n) is 12.9. The van der Waals surface area contributed by atoms with Gasteiger partial charge in [-0.1, -0.05) is 382 Å². The Labute approximate surface area is 517 Å². The molecule has 0 bridgehead atoms. The van der Waals surface area contributed by atoms with Crippen LogP contribution in [0.5, 0.6) is 5.75 Å². The summed E-state index contributed by atoms with van der Waals surface area (Å²) in [5.41, 5.74) is 0.